The minimum Gasteiger partial charge on any atom is -0.379 e. The van der Waals surface area contributed by atoms with Crippen LogP contribution in [0.5, 0.6) is 0 Å². The highest BCUT2D eigenvalue weighted by molar-refractivity contribution is 5.97. The molecule has 0 aromatic carbocycles. The van der Waals surface area contributed by atoms with Crippen LogP contribution in [0.4, 0.5) is 10.1 Å². The quantitative estimate of drug-likeness (QED) is 0.569. The molecule has 35 heavy (non-hydrogen) atoms. The van der Waals surface area contributed by atoms with Crippen molar-refractivity contribution in [2.75, 3.05) is 70.6 Å². The van der Waals surface area contributed by atoms with Crippen LogP contribution >= 0.6 is 0 Å². The Morgan fingerprint density at radius 2 is 1.71 bits per heavy atom. The van der Waals surface area contributed by atoms with Crippen LogP contribution in [0.25, 0.3) is 22.4 Å². The predicted molar refractivity (Wildman–Crippen MR) is 126 cm³/mol. The van der Waals surface area contributed by atoms with E-state index in [2.05, 4.69) is 30.0 Å². The number of aromatic amines is 2. The fourth-order valence-electron chi connectivity index (χ4n) is 5.27. The smallest absolute Gasteiger partial charge is 0.289 e. The van der Waals surface area contributed by atoms with Crippen LogP contribution in [-0.4, -0.2) is 113 Å². The van der Waals surface area contributed by atoms with Gasteiger partial charge in [-0.1, -0.05) is 0 Å². The fraction of sp³-hybridized carbons (Fsp3) is 0.565. The van der Waals surface area contributed by atoms with Gasteiger partial charge in [-0.05, 0) is 12.8 Å². The van der Waals surface area contributed by atoms with Gasteiger partial charge in [-0.2, -0.15) is 5.10 Å². The lowest BCUT2D eigenvalue weighted by Gasteiger charge is -2.39. The van der Waals surface area contributed by atoms with Gasteiger partial charge in [0.1, 0.15) is 16.9 Å². The molecule has 11 nitrogen and oxygen atoms in total. The summed E-state index contributed by atoms with van der Waals surface area (Å²) in [7, 11) is 0. The third-order valence-electron chi connectivity index (χ3n) is 7.17. The maximum atomic E-state index is 15.8. The molecule has 3 fully saturated rings. The molecule has 3 aromatic rings. The summed E-state index contributed by atoms with van der Waals surface area (Å²) in [6.07, 6.45) is 4.96. The molecule has 0 atom stereocenters. The number of nitrogens with one attached hydrogen (secondary N) is 2. The molecule has 0 spiro atoms. The van der Waals surface area contributed by atoms with Crippen LogP contribution in [0.2, 0.25) is 0 Å². The highest BCUT2D eigenvalue weighted by Gasteiger charge is 2.31. The number of nitrogens with zero attached hydrogens (tertiary/aromatic N) is 6. The normalized spacial score (nSPS) is 20.6. The molecule has 3 aliphatic heterocycles. The maximum Gasteiger partial charge on any atom is 0.289 e. The summed E-state index contributed by atoms with van der Waals surface area (Å²) >= 11 is 0. The molecule has 2 N–H and O–H groups in total. The summed E-state index contributed by atoms with van der Waals surface area (Å²) in [5.41, 5.74) is 1.80. The van der Waals surface area contributed by atoms with E-state index in [9.17, 15) is 4.79 Å². The number of aromatic nitrogens is 5. The fourth-order valence-corrected chi connectivity index (χ4v) is 5.27. The van der Waals surface area contributed by atoms with E-state index in [0.717, 1.165) is 39.1 Å². The van der Waals surface area contributed by atoms with Gasteiger partial charge in [0.25, 0.3) is 5.91 Å². The number of morpholine rings is 2. The van der Waals surface area contributed by atoms with Crippen LogP contribution in [-0.2, 0) is 9.47 Å². The third kappa shape index (κ3) is 4.26. The Hall–Kier alpha value is -3.09. The molecule has 0 unspecified atom stereocenters. The first kappa shape index (κ1) is 22.4. The van der Waals surface area contributed by atoms with E-state index in [4.69, 9.17) is 9.47 Å². The van der Waals surface area contributed by atoms with Crippen LogP contribution in [0, 0.1) is 5.82 Å². The van der Waals surface area contributed by atoms with Crippen LogP contribution in [0.1, 0.15) is 23.5 Å². The lowest BCUT2D eigenvalue weighted by molar-refractivity contribution is 0.00147. The minimum absolute atomic E-state index is 0.157. The second-order valence-electron chi connectivity index (χ2n) is 9.17. The highest BCUT2D eigenvalue weighted by atomic mass is 19.1. The van der Waals surface area contributed by atoms with Crippen molar-refractivity contribution in [2.45, 2.75) is 18.9 Å². The number of halogens is 1. The van der Waals surface area contributed by atoms with Gasteiger partial charge in [0, 0.05) is 57.1 Å². The summed E-state index contributed by atoms with van der Waals surface area (Å²) in [6, 6.07) is 0.472. The molecule has 0 bridgehead atoms. The Labute approximate surface area is 201 Å². The molecule has 0 aliphatic carbocycles. The van der Waals surface area contributed by atoms with E-state index >= 15 is 4.39 Å². The predicted octanol–water partition coefficient (Wildman–Crippen LogP) is 1.26. The van der Waals surface area contributed by atoms with Crippen molar-refractivity contribution in [2.24, 2.45) is 0 Å². The Kier molecular flexibility index (Phi) is 6.08. The Morgan fingerprint density at radius 3 is 2.40 bits per heavy atom. The molecule has 0 saturated carbocycles. The van der Waals surface area contributed by atoms with Gasteiger partial charge in [-0.15, -0.1) is 0 Å². The number of carbonyl (C=O) groups is 1. The van der Waals surface area contributed by atoms with E-state index in [1.165, 1.54) is 6.20 Å². The van der Waals surface area contributed by atoms with Gasteiger partial charge in [0.15, 0.2) is 17.3 Å². The molecule has 12 heteroatoms. The SMILES string of the molecule is O=C(c1nc2nc(-c3cn[nH]c3)c(F)c(N3CCOCC3)c2[nH]1)N1CCC(N2CCOCC2)CC1. The first-order valence-electron chi connectivity index (χ1n) is 12.2. The second-order valence-corrected chi connectivity index (χ2v) is 9.17. The zero-order chi connectivity index (χ0) is 23.8. The number of imidazole rings is 1. The number of hydrogen-bond acceptors (Lipinski definition) is 8. The average molecular weight is 485 g/mol. The van der Waals surface area contributed by atoms with Crippen LogP contribution in [0.15, 0.2) is 12.4 Å². The van der Waals surface area contributed by atoms with Gasteiger partial charge >= 0.3 is 0 Å². The number of amides is 1. The molecular weight excluding hydrogens is 455 g/mol. The Bertz CT molecular complexity index is 1180. The largest absolute Gasteiger partial charge is 0.379 e. The number of likely N-dealkylation sites (tertiary alicyclic amines) is 1. The molecule has 0 radical (unpaired) electrons. The molecule has 6 rings (SSSR count). The molecule has 3 aromatic heterocycles. The number of rotatable bonds is 4. The Morgan fingerprint density at radius 1 is 1.00 bits per heavy atom. The van der Waals surface area contributed by atoms with Crippen molar-refractivity contribution in [3.63, 3.8) is 0 Å². The number of ether oxygens (including phenoxy) is 2. The van der Waals surface area contributed by atoms with Crippen molar-refractivity contribution >= 4 is 22.8 Å². The number of hydrogen-bond donors (Lipinski definition) is 2. The zero-order valence-corrected chi connectivity index (χ0v) is 19.5. The maximum absolute atomic E-state index is 15.8. The number of pyridine rings is 1. The average Bonchev–Trinajstić information content (AvgIpc) is 3.59. The molecule has 3 saturated heterocycles. The molecule has 6 heterocycles. The number of anilines is 1. The highest BCUT2D eigenvalue weighted by Crippen LogP contribution is 2.34. The lowest BCUT2D eigenvalue weighted by Crippen LogP contribution is -2.50. The topological polar surface area (TPSA) is 115 Å². The van der Waals surface area contributed by atoms with E-state index in [-0.39, 0.29) is 17.4 Å². The summed E-state index contributed by atoms with van der Waals surface area (Å²) < 4.78 is 26.7. The number of carbonyl (C=O) groups excluding carboxylic acids is 1. The van der Waals surface area contributed by atoms with E-state index in [0.29, 0.717) is 67.8 Å². The van der Waals surface area contributed by atoms with Crippen molar-refractivity contribution in [3.05, 3.63) is 24.0 Å². The summed E-state index contributed by atoms with van der Waals surface area (Å²) in [4.78, 5) is 31.7. The summed E-state index contributed by atoms with van der Waals surface area (Å²) in [6.45, 7) is 6.85. The number of H-pyrrole nitrogens is 2. The van der Waals surface area contributed by atoms with Crippen molar-refractivity contribution in [1.82, 2.24) is 34.9 Å². The van der Waals surface area contributed by atoms with Gasteiger partial charge in [0.2, 0.25) is 0 Å². The number of fused-ring (bicyclic) bond motifs is 1. The zero-order valence-electron chi connectivity index (χ0n) is 19.5. The van der Waals surface area contributed by atoms with Crippen molar-refractivity contribution in [3.8, 4) is 11.3 Å². The third-order valence-corrected chi connectivity index (χ3v) is 7.17. The van der Waals surface area contributed by atoms with Crippen LogP contribution in [0.3, 0.4) is 0 Å². The summed E-state index contributed by atoms with van der Waals surface area (Å²) in [5.74, 6) is -0.452. The Balaban J connectivity index is 1.29. The van der Waals surface area contributed by atoms with Crippen LogP contribution < -0.4 is 4.90 Å². The first-order chi connectivity index (χ1) is 17.2. The second kappa shape index (κ2) is 9.51. The molecule has 186 valence electrons. The standard InChI is InChI=1S/C23H29FN8O3/c24-17-18(15-13-25-26-14-15)27-21-19(20(17)31-7-11-35-12-8-31)28-22(29-21)23(33)32-3-1-16(2-4-32)30-5-9-34-10-6-30/h13-14,16H,1-12H2,(H,25,26)(H,27,28,29). The van der Waals surface area contributed by atoms with Gasteiger partial charge in [0.05, 0.1) is 32.6 Å². The van der Waals surface area contributed by atoms with E-state index in [1.54, 1.807) is 6.20 Å². The first-order valence-corrected chi connectivity index (χ1v) is 12.2. The number of piperidine rings is 1. The van der Waals surface area contributed by atoms with Crippen molar-refractivity contribution < 1.29 is 18.7 Å². The van der Waals surface area contributed by atoms with E-state index < -0.39 is 5.82 Å². The monoisotopic (exact) mass is 484 g/mol. The van der Waals surface area contributed by atoms with Gasteiger partial charge in [-0.3, -0.25) is 14.8 Å². The van der Waals surface area contributed by atoms with Crippen molar-refractivity contribution in [1.29, 1.82) is 0 Å². The van der Waals surface area contributed by atoms with Gasteiger partial charge in [-0.25, -0.2) is 14.4 Å². The molecular formula is C23H29FN8O3. The van der Waals surface area contributed by atoms with E-state index in [1.807, 2.05) is 9.80 Å². The minimum atomic E-state index is -0.463. The summed E-state index contributed by atoms with van der Waals surface area (Å²) in [5, 5.41) is 6.64. The van der Waals surface area contributed by atoms with Gasteiger partial charge < -0.3 is 24.3 Å². The molecule has 3 aliphatic rings. The molecule has 1 amide bonds. The lowest BCUT2D eigenvalue weighted by atomic mass is 10.0.